The zero-order valence-electron chi connectivity index (χ0n) is 12.1. The normalized spacial score (nSPS) is 19.1. The standard InChI is InChI=1S/C15H24N4O/c1-2-7-17-10-12-5-3-8-18-15(12)19-9-4-6-13(11-19)14(16)20/h3,5,8,13,17H,2,4,6-7,9-11H2,1H3,(H2,16,20). The topological polar surface area (TPSA) is 71.2 Å². The number of nitrogens with one attached hydrogen (secondary N) is 1. The van der Waals surface area contributed by atoms with Gasteiger partial charge in [0.2, 0.25) is 5.91 Å². The van der Waals surface area contributed by atoms with E-state index in [0.29, 0.717) is 6.54 Å². The van der Waals surface area contributed by atoms with Crippen molar-refractivity contribution in [3.05, 3.63) is 23.9 Å². The lowest BCUT2D eigenvalue weighted by Crippen LogP contribution is -2.42. The van der Waals surface area contributed by atoms with Crippen LogP contribution in [0.2, 0.25) is 0 Å². The Kier molecular flexibility index (Phi) is 5.35. The van der Waals surface area contributed by atoms with Crippen molar-refractivity contribution in [1.82, 2.24) is 10.3 Å². The van der Waals surface area contributed by atoms with E-state index in [2.05, 4.69) is 28.2 Å². The summed E-state index contributed by atoms with van der Waals surface area (Å²) in [5.74, 6) is 0.737. The molecular weight excluding hydrogens is 252 g/mol. The highest BCUT2D eigenvalue weighted by molar-refractivity contribution is 5.77. The van der Waals surface area contributed by atoms with Crippen LogP contribution in [0.1, 0.15) is 31.7 Å². The second-order valence-electron chi connectivity index (χ2n) is 5.35. The third kappa shape index (κ3) is 3.70. The number of rotatable bonds is 6. The van der Waals surface area contributed by atoms with Gasteiger partial charge in [-0.25, -0.2) is 4.98 Å². The fourth-order valence-corrected chi connectivity index (χ4v) is 2.65. The summed E-state index contributed by atoms with van der Waals surface area (Å²) >= 11 is 0. The van der Waals surface area contributed by atoms with Gasteiger partial charge in [-0.05, 0) is 31.9 Å². The predicted molar refractivity (Wildman–Crippen MR) is 80.4 cm³/mol. The zero-order valence-corrected chi connectivity index (χ0v) is 12.1. The number of pyridine rings is 1. The van der Waals surface area contributed by atoms with Crippen LogP contribution in [0.15, 0.2) is 18.3 Å². The Hall–Kier alpha value is -1.62. The van der Waals surface area contributed by atoms with E-state index < -0.39 is 0 Å². The van der Waals surface area contributed by atoms with Crippen molar-refractivity contribution >= 4 is 11.7 Å². The van der Waals surface area contributed by atoms with E-state index in [1.165, 1.54) is 5.56 Å². The molecule has 1 fully saturated rings. The molecule has 0 radical (unpaired) electrons. The second kappa shape index (κ2) is 7.24. The molecule has 1 saturated heterocycles. The average molecular weight is 276 g/mol. The minimum atomic E-state index is -0.198. The number of aromatic nitrogens is 1. The Balaban J connectivity index is 2.08. The van der Waals surface area contributed by atoms with Gasteiger partial charge in [0.15, 0.2) is 0 Å². The van der Waals surface area contributed by atoms with Crippen molar-refractivity contribution in [3.63, 3.8) is 0 Å². The van der Waals surface area contributed by atoms with Crippen LogP contribution < -0.4 is 16.0 Å². The molecular formula is C15H24N4O. The molecule has 1 aromatic rings. The van der Waals surface area contributed by atoms with E-state index in [9.17, 15) is 4.79 Å². The SMILES string of the molecule is CCCNCc1cccnc1N1CCCC(C(N)=O)C1. The number of nitrogens with two attached hydrogens (primary N) is 1. The largest absolute Gasteiger partial charge is 0.369 e. The summed E-state index contributed by atoms with van der Waals surface area (Å²) in [6.07, 6.45) is 4.81. The van der Waals surface area contributed by atoms with Crippen LogP contribution in [-0.2, 0) is 11.3 Å². The third-order valence-electron chi connectivity index (χ3n) is 3.73. The molecule has 1 aliphatic rings. The number of hydrogen-bond donors (Lipinski definition) is 2. The molecule has 110 valence electrons. The van der Waals surface area contributed by atoms with E-state index in [4.69, 9.17) is 5.73 Å². The second-order valence-corrected chi connectivity index (χ2v) is 5.35. The Morgan fingerprint density at radius 2 is 2.45 bits per heavy atom. The van der Waals surface area contributed by atoms with Gasteiger partial charge in [0, 0.05) is 31.4 Å². The summed E-state index contributed by atoms with van der Waals surface area (Å²) in [7, 11) is 0. The van der Waals surface area contributed by atoms with Crippen molar-refractivity contribution in [1.29, 1.82) is 0 Å². The predicted octanol–water partition coefficient (Wildman–Crippen LogP) is 1.28. The van der Waals surface area contributed by atoms with Crippen molar-refractivity contribution in [3.8, 4) is 0 Å². The number of anilines is 1. The van der Waals surface area contributed by atoms with Crippen LogP contribution in [0.3, 0.4) is 0 Å². The van der Waals surface area contributed by atoms with Crippen molar-refractivity contribution in [2.24, 2.45) is 11.7 Å². The number of carbonyl (C=O) groups excluding carboxylic acids is 1. The number of nitrogens with zero attached hydrogens (tertiary/aromatic N) is 2. The number of amides is 1. The maximum absolute atomic E-state index is 11.4. The molecule has 1 unspecified atom stereocenters. The van der Waals surface area contributed by atoms with Gasteiger partial charge >= 0.3 is 0 Å². The van der Waals surface area contributed by atoms with Crippen LogP contribution in [0, 0.1) is 5.92 Å². The molecule has 5 heteroatoms. The van der Waals surface area contributed by atoms with Gasteiger partial charge in [0.05, 0.1) is 5.92 Å². The van der Waals surface area contributed by atoms with E-state index in [0.717, 1.165) is 44.7 Å². The summed E-state index contributed by atoms with van der Waals surface area (Å²) in [5, 5.41) is 3.41. The number of carbonyl (C=O) groups is 1. The first kappa shape index (κ1) is 14.8. The third-order valence-corrected chi connectivity index (χ3v) is 3.73. The van der Waals surface area contributed by atoms with Gasteiger partial charge in [-0.3, -0.25) is 4.79 Å². The van der Waals surface area contributed by atoms with E-state index in [1.54, 1.807) is 0 Å². The van der Waals surface area contributed by atoms with Gasteiger partial charge in [-0.2, -0.15) is 0 Å². The smallest absolute Gasteiger partial charge is 0.222 e. The molecule has 1 aliphatic heterocycles. The van der Waals surface area contributed by atoms with Gasteiger partial charge in [0.1, 0.15) is 5.82 Å². The fraction of sp³-hybridized carbons (Fsp3) is 0.600. The Bertz CT molecular complexity index is 449. The molecule has 2 heterocycles. The lowest BCUT2D eigenvalue weighted by Gasteiger charge is -2.33. The van der Waals surface area contributed by atoms with Gasteiger partial charge < -0.3 is 16.0 Å². The number of primary amides is 1. The first-order chi connectivity index (χ1) is 9.72. The van der Waals surface area contributed by atoms with Crippen molar-refractivity contribution in [2.75, 3.05) is 24.5 Å². The highest BCUT2D eigenvalue weighted by atomic mass is 16.1. The molecule has 5 nitrogen and oxygen atoms in total. The first-order valence-electron chi connectivity index (χ1n) is 7.41. The highest BCUT2D eigenvalue weighted by Crippen LogP contribution is 2.24. The molecule has 1 atom stereocenters. The van der Waals surface area contributed by atoms with E-state index in [-0.39, 0.29) is 11.8 Å². The van der Waals surface area contributed by atoms with Crippen LogP contribution in [-0.4, -0.2) is 30.5 Å². The maximum Gasteiger partial charge on any atom is 0.222 e. The molecule has 0 aliphatic carbocycles. The molecule has 2 rings (SSSR count). The lowest BCUT2D eigenvalue weighted by molar-refractivity contribution is -0.122. The van der Waals surface area contributed by atoms with Gasteiger partial charge in [0.25, 0.3) is 0 Å². The minimum absolute atomic E-state index is 0.0535. The molecule has 0 saturated carbocycles. The zero-order chi connectivity index (χ0) is 14.4. The highest BCUT2D eigenvalue weighted by Gasteiger charge is 2.25. The van der Waals surface area contributed by atoms with E-state index in [1.807, 2.05) is 12.3 Å². The fourth-order valence-electron chi connectivity index (χ4n) is 2.65. The Morgan fingerprint density at radius 1 is 1.60 bits per heavy atom. The monoisotopic (exact) mass is 276 g/mol. The molecule has 1 amide bonds. The summed E-state index contributed by atoms with van der Waals surface area (Å²) in [4.78, 5) is 18.1. The Labute approximate surface area is 120 Å². The van der Waals surface area contributed by atoms with Gasteiger partial charge in [-0.15, -0.1) is 0 Å². The summed E-state index contributed by atoms with van der Waals surface area (Å²) in [6.45, 7) is 5.60. The first-order valence-corrected chi connectivity index (χ1v) is 7.41. The summed E-state index contributed by atoms with van der Waals surface area (Å²) in [6, 6.07) is 4.06. The quantitative estimate of drug-likeness (QED) is 0.768. The molecule has 0 aromatic carbocycles. The summed E-state index contributed by atoms with van der Waals surface area (Å²) < 4.78 is 0. The average Bonchev–Trinajstić information content (AvgIpc) is 2.48. The molecule has 3 N–H and O–H groups in total. The van der Waals surface area contributed by atoms with Gasteiger partial charge in [-0.1, -0.05) is 13.0 Å². The lowest BCUT2D eigenvalue weighted by atomic mass is 9.97. The number of piperidine rings is 1. The minimum Gasteiger partial charge on any atom is -0.369 e. The van der Waals surface area contributed by atoms with Crippen LogP contribution >= 0.6 is 0 Å². The summed E-state index contributed by atoms with van der Waals surface area (Å²) in [5.41, 5.74) is 6.63. The molecule has 20 heavy (non-hydrogen) atoms. The molecule has 0 bridgehead atoms. The van der Waals surface area contributed by atoms with Crippen molar-refractivity contribution in [2.45, 2.75) is 32.7 Å². The maximum atomic E-state index is 11.4. The molecule has 0 spiro atoms. The van der Waals surface area contributed by atoms with Crippen molar-refractivity contribution < 1.29 is 4.79 Å². The van der Waals surface area contributed by atoms with Crippen LogP contribution in [0.25, 0.3) is 0 Å². The number of hydrogen-bond acceptors (Lipinski definition) is 4. The van der Waals surface area contributed by atoms with Crippen LogP contribution in [0.5, 0.6) is 0 Å². The molecule has 1 aromatic heterocycles. The Morgan fingerprint density at radius 3 is 3.20 bits per heavy atom. The van der Waals surface area contributed by atoms with Crippen LogP contribution in [0.4, 0.5) is 5.82 Å². The van der Waals surface area contributed by atoms with E-state index >= 15 is 0 Å².